The second-order valence-corrected chi connectivity index (χ2v) is 5.69. The Balaban J connectivity index is 2.58. The average Bonchev–Trinajstić information content (AvgIpc) is 2.45. The van der Waals surface area contributed by atoms with E-state index in [4.69, 9.17) is 0 Å². The van der Waals surface area contributed by atoms with Crippen molar-refractivity contribution < 1.29 is 22.8 Å². The summed E-state index contributed by atoms with van der Waals surface area (Å²) < 4.78 is 37.9. The number of carbonyl (C=O) groups is 2. The van der Waals surface area contributed by atoms with Gasteiger partial charge in [0.25, 0.3) is 0 Å². The summed E-state index contributed by atoms with van der Waals surface area (Å²) in [7, 11) is 3.75. The van der Waals surface area contributed by atoms with Crippen LogP contribution < -0.4 is 5.32 Å². The molecule has 0 aliphatic carbocycles. The minimum atomic E-state index is -4.46. The van der Waals surface area contributed by atoms with Gasteiger partial charge in [0, 0.05) is 38.7 Å². The largest absolute Gasteiger partial charge is 0.416 e. The van der Waals surface area contributed by atoms with Crippen molar-refractivity contribution in [3.8, 4) is 0 Å². The van der Waals surface area contributed by atoms with Crippen LogP contribution >= 0.6 is 0 Å². The molecule has 0 heterocycles. The van der Waals surface area contributed by atoms with Crippen LogP contribution in [0.4, 0.5) is 18.9 Å². The van der Waals surface area contributed by atoms with Crippen LogP contribution in [0.3, 0.4) is 0 Å². The fourth-order valence-corrected chi connectivity index (χ4v) is 1.98. The van der Waals surface area contributed by atoms with E-state index in [0.717, 1.165) is 12.1 Å². The molecule has 24 heavy (non-hydrogen) atoms. The highest BCUT2D eigenvalue weighted by atomic mass is 19.4. The lowest BCUT2D eigenvalue weighted by atomic mass is 10.2. The zero-order chi connectivity index (χ0) is 18.3. The lowest BCUT2D eigenvalue weighted by molar-refractivity contribution is -0.137. The topological polar surface area (TPSA) is 52.7 Å². The Morgan fingerprint density at radius 3 is 2.33 bits per heavy atom. The molecule has 0 saturated carbocycles. The summed E-state index contributed by atoms with van der Waals surface area (Å²) in [5, 5.41) is 2.43. The molecular formula is C16H22F3N3O2. The van der Waals surface area contributed by atoms with Gasteiger partial charge in [-0.2, -0.15) is 13.2 Å². The van der Waals surface area contributed by atoms with E-state index in [-0.39, 0.29) is 24.6 Å². The summed E-state index contributed by atoms with van der Waals surface area (Å²) >= 11 is 0. The summed E-state index contributed by atoms with van der Waals surface area (Å²) in [6.45, 7) is 2.78. The van der Waals surface area contributed by atoms with Gasteiger partial charge in [0.1, 0.15) is 0 Å². The lowest BCUT2D eigenvalue weighted by Crippen LogP contribution is -2.37. The van der Waals surface area contributed by atoms with Crippen LogP contribution in [0.25, 0.3) is 0 Å². The minimum Gasteiger partial charge on any atom is -0.341 e. The van der Waals surface area contributed by atoms with E-state index in [2.05, 4.69) is 5.32 Å². The summed E-state index contributed by atoms with van der Waals surface area (Å²) in [6.07, 6.45) is -4.44. The van der Waals surface area contributed by atoms with E-state index in [1.807, 2.05) is 19.0 Å². The van der Waals surface area contributed by atoms with E-state index in [9.17, 15) is 22.8 Å². The molecule has 0 bridgehead atoms. The van der Waals surface area contributed by atoms with Gasteiger partial charge in [-0.1, -0.05) is 6.07 Å². The number of carbonyl (C=O) groups excluding carboxylic acids is 2. The molecule has 0 spiro atoms. The number of likely N-dealkylation sites (N-methyl/N-ethyl adjacent to an activating group) is 1. The lowest BCUT2D eigenvalue weighted by Gasteiger charge is -2.22. The van der Waals surface area contributed by atoms with Crippen molar-refractivity contribution in [2.75, 3.05) is 39.0 Å². The molecule has 0 radical (unpaired) electrons. The summed E-state index contributed by atoms with van der Waals surface area (Å²) in [5.74, 6) is -0.589. The van der Waals surface area contributed by atoms with Crippen LogP contribution in [0.15, 0.2) is 24.3 Å². The first-order valence-electron chi connectivity index (χ1n) is 7.47. The highest BCUT2D eigenvalue weighted by Crippen LogP contribution is 2.30. The molecule has 1 rings (SSSR count). The maximum atomic E-state index is 12.6. The Kier molecular flexibility index (Phi) is 7.21. The molecule has 0 fully saturated rings. The number of hydrogen-bond donors (Lipinski definition) is 1. The maximum Gasteiger partial charge on any atom is 0.416 e. The van der Waals surface area contributed by atoms with Crippen molar-refractivity contribution in [1.82, 2.24) is 9.80 Å². The fraction of sp³-hybridized carbons (Fsp3) is 0.500. The van der Waals surface area contributed by atoms with Gasteiger partial charge < -0.3 is 15.1 Å². The van der Waals surface area contributed by atoms with Gasteiger partial charge in [0.15, 0.2) is 0 Å². The highest BCUT2D eigenvalue weighted by molar-refractivity contribution is 5.91. The molecule has 134 valence electrons. The molecule has 0 aromatic heterocycles. The first-order valence-corrected chi connectivity index (χ1v) is 7.47. The summed E-state index contributed by atoms with van der Waals surface area (Å²) in [4.78, 5) is 26.9. The van der Waals surface area contributed by atoms with Gasteiger partial charge in [0.2, 0.25) is 11.8 Å². The van der Waals surface area contributed by atoms with Crippen LogP contribution in [-0.2, 0) is 15.8 Å². The quantitative estimate of drug-likeness (QED) is 0.826. The Morgan fingerprint density at radius 2 is 1.79 bits per heavy atom. The molecule has 5 nitrogen and oxygen atoms in total. The third-order valence-corrected chi connectivity index (χ3v) is 3.34. The number of nitrogens with one attached hydrogen (secondary N) is 1. The number of halogens is 3. The van der Waals surface area contributed by atoms with Crippen molar-refractivity contribution in [3.05, 3.63) is 29.8 Å². The van der Waals surface area contributed by atoms with E-state index in [0.29, 0.717) is 13.1 Å². The van der Waals surface area contributed by atoms with E-state index in [1.54, 1.807) is 0 Å². The second-order valence-electron chi connectivity index (χ2n) is 5.69. The molecule has 1 aromatic rings. The van der Waals surface area contributed by atoms with E-state index < -0.39 is 17.6 Å². The second kappa shape index (κ2) is 8.68. The number of amides is 2. The standard InChI is InChI=1S/C16H22F3N3O2/c1-12(23)22(10-9-21(2)3)8-7-15(24)20-14-6-4-5-13(11-14)16(17,18)19/h4-6,11H,7-10H2,1-3H3,(H,20,24). The Morgan fingerprint density at radius 1 is 1.12 bits per heavy atom. The predicted molar refractivity (Wildman–Crippen MR) is 85.5 cm³/mol. The molecule has 0 aliphatic rings. The minimum absolute atomic E-state index is 0.0171. The SMILES string of the molecule is CC(=O)N(CCC(=O)Nc1cccc(C(F)(F)F)c1)CCN(C)C. The van der Waals surface area contributed by atoms with Gasteiger partial charge in [-0.25, -0.2) is 0 Å². The highest BCUT2D eigenvalue weighted by Gasteiger charge is 2.30. The fourth-order valence-electron chi connectivity index (χ4n) is 1.98. The monoisotopic (exact) mass is 345 g/mol. The Bertz CT molecular complexity index is 574. The Hall–Kier alpha value is -2.09. The van der Waals surface area contributed by atoms with Gasteiger partial charge in [-0.05, 0) is 32.3 Å². The molecule has 1 aromatic carbocycles. The predicted octanol–water partition coefficient (Wildman–Crippen LogP) is 2.44. The molecule has 2 amide bonds. The number of benzene rings is 1. The number of alkyl halides is 3. The normalized spacial score (nSPS) is 11.5. The first-order chi connectivity index (χ1) is 11.1. The molecular weight excluding hydrogens is 323 g/mol. The molecule has 0 saturated heterocycles. The number of anilines is 1. The molecule has 8 heteroatoms. The van der Waals surface area contributed by atoms with Crippen LogP contribution in [0.1, 0.15) is 18.9 Å². The van der Waals surface area contributed by atoms with Gasteiger partial charge in [-0.15, -0.1) is 0 Å². The van der Waals surface area contributed by atoms with Crippen LogP contribution in [0.5, 0.6) is 0 Å². The van der Waals surface area contributed by atoms with Gasteiger partial charge in [0.05, 0.1) is 5.56 Å². The van der Waals surface area contributed by atoms with Crippen LogP contribution in [-0.4, -0.2) is 55.3 Å². The third-order valence-electron chi connectivity index (χ3n) is 3.34. The summed E-state index contributed by atoms with van der Waals surface area (Å²) in [5.41, 5.74) is -0.742. The zero-order valence-electron chi connectivity index (χ0n) is 14.0. The Labute approximate surface area is 139 Å². The van der Waals surface area contributed by atoms with Crippen molar-refractivity contribution in [1.29, 1.82) is 0 Å². The van der Waals surface area contributed by atoms with Crippen molar-refractivity contribution in [2.45, 2.75) is 19.5 Å². The van der Waals surface area contributed by atoms with Crippen molar-refractivity contribution in [3.63, 3.8) is 0 Å². The van der Waals surface area contributed by atoms with Crippen molar-refractivity contribution >= 4 is 17.5 Å². The first kappa shape index (κ1) is 20.0. The molecule has 1 N–H and O–H groups in total. The number of rotatable bonds is 7. The molecule has 0 atom stereocenters. The zero-order valence-corrected chi connectivity index (χ0v) is 14.0. The van der Waals surface area contributed by atoms with E-state index in [1.165, 1.54) is 24.0 Å². The maximum absolute atomic E-state index is 12.6. The third kappa shape index (κ3) is 6.99. The van der Waals surface area contributed by atoms with Crippen LogP contribution in [0, 0.1) is 0 Å². The number of nitrogens with zero attached hydrogens (tertiary/aromatic N) is 2. The van der Waals surface area contributed by atoms with Crippen molar-refractivity contribution in [2.24, 2.45) is 0 Å². The van der Waals surface area contributed by atoms with Crippen LogP contribution in [0.2, 0.25) is 0 Å². The summed E-state index contributed by atoms with van der Waals surface area (Å²) in [6, 6.07) is 4.44. The molecule has 0 aliphatic heterocycles. The van der Waals surface area contributed by atoms with Gasteiger partial charge >= 0.3 is 6.18 Å². The van der Waals surface area contributed by atoms with E-state index >= 15 is 0 Å². The average molecular weight is 345 g/mol. The molecule has 0 unspecified atom stereocenters. The number of hydrogen-bond acceptors (Lipinski definition) is 3. The van der Waals surface area contributed by atoms with Gasteiger partial charge in [-0.3, -0.25) is 9.59 Å². The smallest absolute Gasteiger partial charge is 0.341 e.